The van der Waals surface area contributed by atoms with Gasteiger partial charge >= 0.3 is 11.9 Å². The Kier molecular flexibility index (Phi) is 5.88. The van der Waals surface area contributed by atoms with Gasteiger partial charge in [0.1, 0.15) is 11.2 Å². The van der Waals surface area contributed by atoms with E-state index in [-0.39, 0.29) is 23.8 Å². The molecule has 0 radical (unpaired) electrons. The minimum atomic E-state index is -1.17. The zero-order valence-electron chi connectivity index (χ0n) is 18.1. The predicted molar refractivity (Wildman–Crippen MR) is 113 cm³/mol. The minimum Gasteiger partial charge on any atom is -0.461 e. The maximum Gasteiger partial charge on any atom is 0.355 e. The van der Waals surface area contributed by atoms with Gasteiger partial charge in [0.05, 0.1) is 23.5 Å². The lowest BCUT2D eigenvalue weighted by Crippen LogP contribution is -2.59. The minimum absolute atomic E-state index is 0.167. The Labute approximate surface area is 179 Å². The summed E-state index contributed by atoms with van der Waals surface area (Å²) in [6.45, 7) is 7.78. The maximum absolute atomic E-state index is 13.0. The molecule has 0 fully saturated rings. The highest BCUT2D eigenvalue weighted by molar-refractivity contribution is 6.14. The van der Waals surface area contributed by atoms with E-state index in [1.165, 1.54) is 4.90 Å². The van der Waals surface area contributed by atoms with Crippen LogP contribution in [0.25, 0.3) is 0 Å². The summed E-state index contributed by atoms with van der Waals surface area (Å²) in [5.41, 5.74) is 1.01. The van der Waals surface area contributed by atoms with Crippen molar-refractivity contribution in [3.8, 4) is 0 Å². The number of amides is 2. The Morgan fingerprint density at radius 2 is 1.74 bits per heavy atom. The largest absolute Gasteiger partial charge is 0.461 e. The second-order valence-corrected chi connectivity index (χ2v) is 7.68. The van der Waals surface area contributed by atoms with Crippen LogP contribution in [0.15, 0.2) is 24.3 Å². The van der Waals surface area contributed by atoms with Crippen molar-refractivity contribution in [2.45, 2.75) is 40.2 Å². The van der Waals surface area contributed by atoms with Crippen LogP contribution in [0, 0.1) is 13.8 Å². The topological polar surface area (TPSA) is 118 Å². The number of nitrogens with one attached hydrogen (secondary N) is 2. The number of H-pyrrole nitrogens is 1. The number of para-hydroxylation sites is 2. The Balaban J connectivity index is 1.81. The number of anilines is 2. The van der Waals surface area contributed by atoms with Crippen molar-refractivity contribution < 1.29 is 28.7 Å². The number of nitrogens with zero attached hydrogens (tertiary/aromatic N) is 1. The molecule has 0 unspecified atom stereocenters. The molecule has 2 amide bonds. The molecule has 0 atom stereocenters. The monoisotopic (exact) mass is 427 g/mol. The summed E-state index contributed by atoms with van der Waals surface area (Å²) in [7, 11) is 0. The SMILES string of the molecule is CCOC(=O)c1[nH]c(C)c(C(=O)OCC(=O)N2c3ccccc3NC(=O)C2(C)C)c1C. The zero-order valence-corrected chi connectivity index (χ0v) is 18.1. The first-order chi connectivity index (χ1) is 14.6. The van der Waals surface area contributed by atoms with Crippen molar-refractivity contribution in [3.05, 3.63) is 46.8 Å². The van der Waals surface area contributed by atoms with Gasteiger partial charge in [0, 0.05) is 5.69 Å². The molecule has 9 nitrogen and oxygen atoms in total. The number of aryl methyl sites for hydroxylation is 1. The Morgan fingerprint density at radius 1 is 1.06 bits per heavy atom. The highest BCUT2D eigenvalue weighted by Gasteiger charge is 2.43. The summed E-state index contributed by atoms with van der Waals surface area (Å²) in [5.74, 6) is -2.21. The lowest BCUT2D eigenvalue weighted by Gasteiger charge is -2.41. The number of carbonyl (C=O) groups is 4. The standard InChI is InChI=1S/C22H25N3O6/c1-6-30-20(28)18-12(2)17(13(3)23-18)19(27)31-11-16(26)25-15-10-8-7-9-14(15)24-21(29)22(25,4)5/h7-10,23H,6,11H2,1-5H3,(H,24,29). The third-order valence-corrected chi connectivity index (χ3v) is 5.21. The fourth-order valence-electron chi connectivity index (χ4n) is 3.63. The molecule has 0 saturated carbocycles. The van der Waals surface area contributed by atoms with Gasteiger partial charge in [0.2, 0.25) is 5.91 Å². The van der Waals surface area contributed by atoms with Crippen LogP contribution in [0.3, 0.4) is 0 Å². The van der Waals surface area contributed by atoms with Crippen molar-refractivity contribution in [1.29, 1.82) is 0 Å². The van der Waals surface area contributed by atoms with E-state index >= 15 is 0 Å². The molecular weight excluding hydrogens is 402 g/mol. The number of fused-ring (bicyclic) bond motifs is 1. The van der Waals surface area contributed by atoms with E-state index in [2.05, 4.69) is 10.3 Å². The number of esters is 2. The third-order valence-electron chi connectivity index (χ3n) is 5.21. The van der Waals surface area contributed by atoms with Crippen LogP contribution in [0.4, 0.5) is 11.4 Å². The van der Waals surface area contributed by atoms with Gasteiger partial charge in [0.15, 0.2) is 6.61 Å². The first-order valence-corrected chi connectivity index (χ1v) is 9.86. The van der Waals surface area contributed by atoms with E-state index in [4.69, 9.17) is 9.47 Å². The predicted octanol–water partition coefficient (Wildman–Crippen LogP) is 2.73. The number of carbonyl (C=O) groups excluding carboxylic acids is 4. The number of ether oxygens (including phenoxy) is 2. The van der Waals surface area contributed by atoms with Crippen LogP contribution in [0.2, 0.25) is 0 Å². The molecule has 1 aliphatic heterocycles. The van der Waals surface area contributed by atoms with Crippen LogP contribution in [0.5, 0.6) is 0 Å². The molecule has 1 aromatic heterocycles. The van der Waals surface area contributed by atoms with Crippen LogP contribution in [0.1, 0.15) is 52.9 Å². The third kappa shape index (κ3) is 3.90. The summed E-state index contributed by atoms with van der Waals surface area (Å²) >= 11 is 0. The fourth-order valence-corrected chi connectivity index (χ4v) is 3.63. The van der Waals surface area contributed by atoms with E-state index in [0.29, 0.717) is 22.6 Å². The Morgan fingerprint density at radius 3 is 2.42 bits per heavy atom. The van der Waals surface area contributed by atoms with E-state index in [1.807, 2.05) is 0 Å². The average Bonchev–Trinajstić information content (AvgIpc) is 3.01. The molecule has 1 aromatic carbocycles. The van der Waals surface area contributed by atoms with Crippen molar-refractivity contribution >= 4 is 35.1 Å². The summed E-state index contributed by atoms with van der Waals surface area (Å²) < 4.78 is 10.2. The summed E-state index contributed by atoms with van der Waals surface area (Å²) in [6.07, 6.45) is 0. The van der Waals surface area contributed by atoms with Crippen LogP contribution < -0.4 is 10.2 Å². The lowest BCUT2D eigenvalue weighted by molar-refractivity contribution is -0.128. The molecular formula is C22H25N3O6. The summed E-state index contributed by atoms with van der Waals surface area (Å²) in [4.78, 5) is 54.4. The van der Waals surface area contributed by atoms with Crippen LogP contribution in [-0.4, -0.2) is 47.5 Å². The van der Waals surface area contributed by atoms with Gasteiger partial charge in [0.25, 0.3) is 5.91 Å². The number of benzene rings is 1. The Bertz CT molecular complexity index is 1070. The normalized spacial score (nSPS) is 14.5. The van der Waals surface area contributed by atoms with Crippen molar-refractivity contribution in [2.24, 2.45) is 0 Å². The number of hydrogen-bond acceptors (Lipinski definition) is 6. The molecule has 0 bridgehead atoms. The second-order valence-electron chi connectivity index (χ2n) is 7.68. The molecule has 164 valence electrons. The average molecular weight is 427 g/mol. The van der Waals surface area contributed by atoms with E-state index in [0.717, 1.165) is 0 Å². The smallest absolute Gasteiger partial charge is 0.355 e. The number of rotatable bonds is 5. The molecule has 3 rings (SSSR count). The van der Waals surface area contributed by atoms with Crippen molar-refractivity contribution in [2.75, 3.05) is 23.4 Å². The first kappa shape index (κ1) is 22.1. The van der Waals surface area contributed by atoms with Crippen LogP contribution >= 0.6 is 0 Å². The van der Waals surface area contributed by atoms with Crippen LogP contribution in [-0.2, 0) is 19.1 Å². The number of aromatic amines is 1. The number of hydrogen-bond donors (Lipinski definition) is 2. The quantitative estimate of drug-likeness (QED) is 0.709. The maximum atomic E-state index is 13.0. The first-order valence-electron chi connectivity index (χ1n) is 9.86. The van der Waals surface area contributed by atoms with Gasteiger partial charge in [-0.3, -0.25) is 14.5 Å². The van der Waals surface area contributed by atoms with E-state index in [9.17, 15) is 19.2 Å². The van der Waals surface area contributed by atoms with Gasteiger partial charge in [-0.1, -0.05) is 12.1 Å². The molecule has 31 heavy (non-hydrogen) atoms. The summed E-state index contributed by atoms with van der Waals surface area (Å²) in [5, 5.41) is 2.78. The zero-order chi connectivity index (χ0) is 22.9. The molecule has 1 aliphatic rings. The molecule has 2 aromatic rings. The van der Waals surface area contributed by atoms with Gasteiger partial charge < -0.3 is 19.8 Å². The van der Waals surface area contributed by atoms with Crippen molar-refractivity contribution in [1.82, 2.24) is 4.98 Å². The molecule has 9 heteroatoms. The Hall–Kier alpha value is -3.62. The molecule has 0 spiro atoms. The van der Waals surface area contributed by atoms with Gasteiger partial charge in [-0.2, -0.15) is 0 Å². The summed E-state index contributed by atoms with van der Waals surface area (Å²) in [6, 6.07) is 6.90. The molecule has 0 saturated heterocycles. The molecule has 2 N–H and O–H groups in total. The fraction of sp³-hybridized carbons (Fsp3) is 0.364. The van der Waals surface area contributed by atoms with Gasteiger partial charge in [-0.15, -0.1) is 0 Å². The highest BCUT2D eigenvalue weighted by atomic mass is 16.5. The van der Waals surface area contributed by atoms with Crippen molar-refractivity contribution in [3.63, 3.8) is 0 Å². The highest BCUT2D eigenvalue weighted by Crippen LogP contribution is 2.36. The molecule has 2 heterocycles. The lowest BCUT2D eigenvalue weighted by atomic mass is 9.96. The van der Waals surface area contributed by atoms with Gasteiger partial charge in [-0.25, -0.2) is 9.59 Å². The molecule has 0 aliphatic carbocycles. The van der Waals surface area contributed by atoms with E-state index < -0.39 is 30.0 Å². The second kappa shape index (κ2) is 8.25. The van der Waals surface area contributed by atoms with E-state index in [1.54, 1.807) is 58.9 Å². The van der Waals surface area contributed by atoms with Gasteiger partial charge in [-0.05, 0) is 52.3 Å². The number of aromatic nitrogens is 1.